The minimum Gasteiger partial charge on any atom is -0.459 e. The Balaban J connectivity index is 1.57. The van der Waals surface area contributed by atoms with Crippen molar-refractivity contribution in [2.24, 2.45) is 0 Å². The molecule has 0 aliphatic rings. The molecule has 0 spiro atoms. The zero-order valence-corrected chi connectivity index (χ0v) is 13.8. The molecular weight excluding hydrogens is 340 g/mol. The maximum absolute atomic E-state index is 12.0. The van der Waals surface area contributed by atoms with Gasteiger partial charge in [-0.25, -0.2) is 4.98 Å². The van der Waals surface area contributed by atoms with Gasteiger partial charge in [0, 0.05) is 10.7 Å². The summed E-state index contributed by atoms with van der Waals surface area (Å²) in [6, 6.07) is 16.1. The molecule has 2 aromatic heterocycles. The van der Waals surface area contributed by atoms with Crippen molar-refractivity contribution >= 4 is 34.3 Å². The van der Waals surface area contributed by atoms with Crippen LogP contribution in [0.5, 0.6) is 0 Å². The van der Waals surface area contributed by atoms with E-state index < -0.39 is 0 Å². The highest BCUT2D eigenvalue weighted by atomic mass is 35.5. The minimum absolute atomic E-state index is 0.250. The van der Waals surface area contributed by atoms with Crippen molar-refractivity contribution in [2.75, 3.05) is 5.32 Å². The molecule has 0 radical (unpaired) electrons. The number of carbonyl (C=O) groups excluding carboxylic acids is 1. The molecule has 0 saturated carbocycles. The van der Waals surface area contributed by atoms with E-state index in [1.165, 1.54) is 6.26 Å². The normalized spacial score (nSPS) is 10.9. The Labute approximate surface area is 148 Å². The summed E-state index contributed by atoms with van der Waals surface area (Å²) >= 11 is 6.18. The molecule has 0 aliphatic carbocycles. The number of amides is 1. The second-order valence-electron chi connectivity index (χ2n) is 5.49. The number of aromatic nitrogens is 1. The Morgan fingerprint density at radius 1 is 1.12 bits per heavy atom. The Hall–Kier alpha value is -3.05. The summed E-state index contributed by atoms with van der Waals surface area (Å²) in [4.78, 5) is 16.5. The molecule has 4 rings (SSSR count). The lowest BCUT2D eigenvalue weighted by molar-refractivity contribution is 0.0996. The lowest BCUT2D eigenvalue weighted by atomic mass is 10.1. The van der Waals surface area contributed by atoms with E-state index in [1.807, 2.05) is 24.3 Å². The van der Waals surface area contributed by atoms with Gasteiger partial charge in [-0.1, -0.05) is 29.8 Å². The first-order valence-corrected chi connectivity index (χ1v) is 8.04. The molecule has 1 amide bonds. The largest absolute Gasteiger partial charge is 0.459 e. The van der Waals surface area contributed by atoms with Crippen molar-refractivity contribution < 1.29 is 13.6 Å². The number of benzene rings is 2. The molecule has 4 aromatic rings. The van der Waals surface area contributed by atoms with Gasteiger partial charge in [-0.2, -0.15) is 0 Å². The first-order valence-electron chi connectivity index (χ1n) is 7.67. The Kier molecular flexibility index (Phi) is 3.99. The van der Waals surface area contributed by atoms with E-state index in [-0.39, 0.29) is 11.7 Å². The number of carbonyl (C=O) groups is 1. The third-order valence-electron chi connectivity index (χ3n) is 3.73. The van der Waals surface area contributed by atoms with Crippen LogP contribution in [0.2, 0.25) is 5.02 Å². The van der Waals surface area contributed by atoms with Gasteiger partial charge >= 0.3 is 0 Å². The van der Waals surface area contributed by atoms with E-state index in [2.05, 4.69) is 10.3 Å². The molecule has 0 bridgehead atoms. The van der Waals surface area contributed by atoms with Gasteiger partial charge in [0.25, 0.3) is 5.91 Å². The summed E-state index contributed by atoms with van der Waals surface area (Å²) in [5.74, 6) is 0.501. The molecule has 1 N–H and O–H groups in total. The molecular formula is C19H13ClN2O3. The standard InChI is InChI=1S/C19H13ClN2O3/c20-14-5-2-1-4-12(14)10-18-22-15-11-13(7-8-16(15)25-18)21-19(23)17-6-3-9-24-17/h1-9,11H,10H2,(H,21,23). The van der Waals surface area contributed by atoms with Crippen molar-refractivity contribution in [1.82, 2.24) is 4.98 Å². The van der Waals surface area contributed by atoms with Crippen LogP contribution in [0.4, 0.5) is 5.69 Å². The highest BCUT2D eigenvalue weighted by Gasteiger charge is 2.12. The number of furan rings is 1. The van der Waals surface area contributed by atoms with Crippen molar-refractivity contribution in [1.29, 1.82) is 0 Å². The molecule has 25 heavy (non-hydrogen) atoms. The molecule has 0 saturated heterocycles. The quantitative estimate of drug-likeness (QED) is 0.566. The topological polar surface area (TPSA) is 68.3 Å². The van der Waals surface area contributed by atoms with Gasteiger partial charge < -0.3 is 14.2 Å². The monoisotopic (exact) mass is 352 g/mol. The molecule has 124 valence electrons. The Morgan fingerprint density at radius 2 is 2.00 bits per heavy atom. The molecule has 2 heterocycles. The van der Waals surface area contributed by atoms with Crippen LogP contribution in [0, 0.1) is 0 Å². The fourth-order valence-electron chi connectivity index (χ4n) is 2.53. The van der Waals surface area contributed by atoms with Crippen LogP contribution in [0.1, 0.15) is 22.0 Å². The summed E-state index contributed by atoms with van der Waals surface area (Å²) in [7, 11) is 0. The van der Waals surface area contributed by atoms with Crippen LogP contribution in [0.25, 0.3) is 11.1 Å². The summed E-state index contributed by atoms with van der Waals surface area (Å²) in [5, 5.41) is 3.45. The summed E-state index contributed by atoms with van der Waals surface area (Å²) < 4.78 is 10.8. The van der Waals surface area contributed by atoms with Crippen molar-refractivity contribution in [2.45, 2.75) is 6.42 Å². The van der Waals surface area contributed by atoms with Gasteiger partial charge in [0.2, 0.25) is 0 Å². The van der Waals surface area contributed by atoms with Crippen LogP contribution in [0.15, 0.2) is 69.7 Å². The van der Waals surface area contributed by atoms with Gasteiger partial charge in [-0.05, 0) is 42.0 Å². The van der Waals surface area contributed by atoms with Crippen LogP contribution >= 0.6 is 11.6 Å². The number of nitrogens with zero attached hydrogens (tertiary/aromatic N) is 1. The predicted molar refractivity (Wildman–Crippen MR) is 94.9 cm³/mol. The first kappa shape index (κ1) is 15.5. The fourth-order valence-corrected chi connectivity index (χ4v) is 2.74. The molecule has 6 heteroatoms. The number of anilines is 1. The number of fused-ring (bicyclic) bond motifs is 1. The number of rotatable bonds is 4. The van der Waals surface area contributed by atoms with E-state index in [4.69, 9.17) is 20.4 Å². The molecule has 0 atom stereocenters. The van der Waals surface area contributed by atoms with Gasteiger partial charge in [0.15, 0.2) is 17.2 Å². The number of nitrogens with one attached hydrogen (secondary N) is 1. The highest BCUT2D eigenvalue weighted by molar-refractivity contribution is 6.31. The van der Waals surface area contributed by atoms with Gasteiger partial charge in [0.05, 0.1) is 12.7 Å². The van der Waals surface area contributed by atoms with Crippen LogP contribution in [0.3, 0.4) is 0 Å². The van der Waals surface area contributed by atoms with E-state index in [1.54, 1.807) is 30.3 Å². The average Bonchev–Trinajstić information content (AvgIpc) is 3.26. The number of hydrogen-bond acceptors (Lipinski definition) is 4. The van der Waals surface area contributed by atoms with Gasteiger partial charge in [0.1, 0.15) is 5.52 Å². The lowest BCUT2D eigenvalue weighted by Crippen LogP contribution is -2.10. The molecule has 0 unspecified atom stereocenters. The molecule has 0 fully saturated rings. The maximum atomic E-state index is 12.0. The smallest absolute Gasteiger partial charge is 0.291 e. The minimum atomic E-state index is -0.316. The summed E-state index contributed by atoms with van der Waals surface area (Å²) in [6.07, 6.45) is 1.96. The summed E-state index contributed by atoms with van der Waals surface area (Å²) in [5.41, 5.74) is 2.88. The van der Waals surface area contributed by atoms with Crippen LogP contribution < -0.4 is 5.32 Å². The van der Waals surface area contributed by atoms with E-state index in [0.717, 1.165) is 5.56 Å². The van der Waals surface area contributed by atoms with Crippen LogP contribution in [-0.4, -0.2) is 10.9 Å². The number of oxazole rings is 1. The third kappa shape index (κ3) is 3.27. The average molecular weight is 353 g/mol. The van der Waals surface area contributed by atoms with E-state index in [9.17, 15) is 4.79 Å². The molecule has 0 aliphatic heterocycles. The third-order valence-corrected chi connectivity index (χ3v) is 4.10. The van der Waals surface area contributed by atoms with Gasteiger partial charge in [-0.15, -0.1) is 0 Å². The second-order valence-corrected chi connectivity index (χ2v) is 5.90. The van der Waals surface area contributed by atoms with Gasteiger partial charge in [-0.3, -0.25) is 4.79 Å². The van der Waals surface area contributed by atoms with Crippen molar-refractivity contribution in [3.05, 3.63) is 83.1 Å². The second kappa shape index (κ2) is 6.45. The van der Waals surface area contributed by atoms with E-state index in [0.29, 0.717) is 34.1 Å². The predicted octanol–water partition coefficient (Wildman–Crippen LogP) is 4.92. The number of hydrogen-bond donors (Lipinski definition) is 1. The fraction of sp³-hybridized carbons (Fsp3) is 0.0526. The SMILES string of the molecule is O=C(Nc1ccc2oc(Cc3ccccc3Cl)nc2c1)c1ccco1. The van der Waals surface area contributed by atoms with Crippen molar-refractivity contribution in [3.8, 4) is 0 Å². The highest BCUT2D eigenvalue weighted by Crippen LogP contribution is 2.24. The van der Waals surface area contributed by atoms with E-state index >= 15 is 0 Å². The Morgan fingerprint density at radius 3 is 2.80 bits per heavy atom. The molecule has 5 nitrogen and oxygen atoms in total. The van der Waals surface area contributed by atoms with Crippen LogP contribution in [-0.2, 0) is 6.42 Å². The Bertz CT molecular complexity index is 1040. The summed E-state index contributed by atoms with van der Waals surface area (Å²) in [6.45, 7) is 0. The maximum Gasteiger partial charge on any atom is 0.291 e. The lowest BCUT2D eigenvalue weighted by Gasteiger charge is -2.01. The molecule has 2 aromatic carbocycles. The zero-order valence-electron chi connectivity index (χ0n) is 13.0. The van der Waals surface area contributed by atoms with Crippen molar-refractivity contribution in [3.63, 3.8) is 0 Å². The number of halogens is 1. The zero-order chi connectivity index (χ0) is 17.2. The first-order chi connectivity index (χ1) is 12.2.